The van der Waals surface area contributed by atoms with Gasteiger partial charge in [0.25, 0.3) is 0 Å². The highest BCUT2D eigenvalue weighted by molar-refractivity contribution is 5.35. The van der Waals surface area contributed by atoms with Crippen LogP contribution in [0.4, 0.5) is 8.78 Å². The molecule has 3 aliphatic carbocycles. The summed E-state index contributed by atoms with van der Waals surface area (Å²) < 4.78 is 39.6. The lowest BCUT2D eigenvalue weighted by Crippen LogP contribution is -2.23. The van der Waals surface area contributed by atoms with Gasteiger partial charge in [-0.05, 0) is 106 Å². The van der Waals surface area contributed by atoms with Crippen LogP contribution in [0, 0.1) is 35.3 Å². The molecule has 1 unspecified atom stereocenters. The van der Waals surface area contributed by atoms with Crippen molar-refractivity contribution in [3.05, 3.63) is 47.6 Å². The van der Waals surface area contributed by atoms with Gasteiger partial charge in [-0.2, -0.15) is 8.78 Å². The molecule has 164 valence electrons. The summed E-state index contributed by atoms with van der Waals surface area (Å²) in [5, 5.41) is 0. The van der Waals surface area contributed by atoms with Crippen molar-refractivity contribution in [2.45, 2.75) is 64.7 Å². The molecule has 0 amide bonds. The lowest BCUT2D eigenvalue weighted by Gasteiger charge is -2.34. The van der Waals surface area contributed by atoms with Gasteiger partial charge in [0.15, 0.2) is 11.5 Å². The van der Waals surface area contributed by atoms with Gasteiger partial charge >= 0.3 is 0 Å². The SMILES string of the molecule is C/C=C/C1CCC(C2CC=C(COc3ccc(OCC4CC4)c(F)c3F)CC2)CC1. The van der Waals surface area contributed by atoms with Crippen molar-refractivity contribution in [3.63, 3.8) is 0 Å². The highest BCUT2D eigenvalue weighted by Gasteiger charge is 2.28. The molecule has 0 aromatic heterocycles. The van der Waals surface area contributed by atoms with E-state index in [-0.39, 0.29) is 11.5 Å². The highest BCUT2D eigenvalue weighted by Crippen LogP contribution is 2.40. The van der Waals surface area contributed by atoms with Gasteiger partial charge in [-0.1, -0.05) is 18.2 Å². The summed E-state index contributed by atoms with van der Waals surface area (Å²) in [6, 6.07) is 2.96. The van der Waals surface area contributed by atoms with Crippen molar-refractivity contribution < 1.29 is 18.3 Å². The first-order valence-corrected chi connectivity index (χ1v) is 11.7. The molecule has 4 heteroatoms. The highest BCUT2D eigenvalue weighted by atomic mass is 19.2. The van der Waals surface area contributed by atoms with Crippen molar-refractivity contribution >= 4 is 0 Å². The first-order valence-electron chi connectivity index (χ1n) is 11.7. The van der Waals surface area contributed by atoms with Crippen molar-refractivity contribution in [2.24, 2.45) is 23.7 Å². The monoisotopic (exact) mass is 416 g/mol. The second kappa shape index (κ2) is 9.98. The molecule has 1 aromatic carbocycles. The zero-order valence-corrected chi connectivity index (χ0v) is 18.0. The van der Waals surface area contributed by atoms with Gasteiger partial charge in [0.1, 0.15) is 6.61 Å². The molecule has 2 saturated carbocycles. The van der Waals surface area contributed by atoms with Crippen molar-refractivity contribution in [2.75, 3.05) is 13.2 Å². The zero-order valence-electron chi connectivity index (χ0n) is 18.0. The Kier molecular flexibility index (Phi) is 7.12. The third-order valence-electron chi connectivity index (χ3n) is 7.09. The lowest BCUT2D eigenvalue weighted by molar-refractivity contribution is 0.206. The maximum Gasteiger partial charge on any atom is 0.204 e. The number of halogens is 2. The molecule has 0 aliphatic heterocycles. The van der Waals surface area contributed by atoms with E-state index in [9.17, 15) is 8.78 Å². The molecule has 0 heterocycles. The maximum absolute atomic E-state index is 14.3. The Morgan fingerprint density at radius 3 is 2.20 bits per heavy atom. The summed E-state index contributed by atoms with van der Waals surface area (Å²) >= 11 is 0. The third kappa shape index (κ3) is 5.44. The largest absolute Gasteiger partial charge is 0.490 e. The molecule has 0 N–H and O–H groups in total. The number of rotatable bonds is 8. The smallest absolute Gasteiger partial charge is 0.204 e. The van der Waals surface area contributed by atoms with Crippen LogP contribution in [-0.2, 0) is 0 Å². The first-order chi connectivity index (χ1) is 14.6. The van der Waals surface area contributed by atoms with Crippen LogP contribution in [0.2, 0.25) is 0 Å². The van der Waals surface area contributed by atoms with Gasteiger partial charge in [0.05, 0.1) is 6.61 Å². The van der Waals surface area contributed by atoms with Crippen molar-refractivity contribution in [1.82, 2.24) is 0 Å². The second-order valence-electron chi connectivity index (χ2n) is 9.33. The fraction of sp³-hybridized carbons (Fsp3) is 0.615. The molecule has 1 atom stereocenters. The third-order valence-corrected chi connectivity index (χ3v) is 7.09. The molecule has 2 fully saturated rings. The van der Waals surface area contributed by atoms with E-state index < -0.39 is 11.6 Å². The minimum Gasteiger partial charge on any atom is -0.490 e. The van der Waals surface area contributed by atoms with E-state index in [1.54, 1.807) is 0 Å². The molecule has 2 nitrogen and oxygen atoms in total. The van der Waals surface area contributed by atoms with Crippen LogP contribution in [0.25, 0.3) is 0 Å². The molecule has 4 rings (SSSR count). The first kappa shape index (κ1) is 21.4. The molecule has 0 bridgehead atoms. The number of hydrogen-bond donors (Lipinski definition) is 0. The van der Waals surface area contributed by atoms with Crippen molar-refractivity contribution in [1.29, 1.82) is 0 Å². The average molecular weight is 417 g/mol. The topological polar surface area (TPSA) is 18.5 Å². The van der Waals surface area contributed by atoms with Crippen LogP contribution in [0.15, 0.2) is 35.9 Å². The number of benzene rings is 1. The minimum absolute atomic E-state index is 0.0179. The maximum atomic E-state index is 14.3. The standard InChI is InChI=1S/C26H34F2O2/c1-2-3-18-6-10-21(11-7-18)22-12-8-20(9-13-22)17-30-24-15-14-23(25(27)26(24)28)29-16-19-4-5-19/h2-3,8,14-15,18-19,21-22H,4-7,9-13,16-17H2,1H3/b3-2+. The number of allylic oxidation sites excluding steroid dienone is 3. The molecule has 0 radical (unpaired) electrons. The van der Waals surface area contributed by atoms with Gasteiger partial charge in [0.2, 0.25) is 11.6 Å². The Bertz CT molecular complexity index is 773. The fourth-order valence-corrected chi connectivity index (χ4v) is 4.95. The van der Waals surface area contributed by atoms with Crippen LogP contribution in [0.5, 0.6) is 11.5 Å². The van der Waals surface area contributed by atoms with Gasteiger partial charge < -0.3 is 9.47 Å². The summed E-state index contributed by atoms with van der Waals surface area (Å²) in [4.78, 5) is 0. The number of ether oxygens (including phenoxy) is 2. The summed E-state index contributed by atoms with van der Waals surface area (Å²) in [6.45, 7) is 2.90. The Balaban J connectivity index is 1.25. The van der Waals surface area contributed by atoms with E-state index in [0.717, 1.165) is 43.4 Å². The molecule has 3 aliphatic rings. The normalized spacial score (nSPS) is 27.2. The van der Waals surface area contributed by atoms with Gasteiger partial charge in [-0.15, -0.1) is 0 Å². The summed E-state index contributed by atoms with van der Waals surface area (Å²) in [5.74, 6) is 0.920. The number of hydrogen-bond acceptors (Lipinski definition) is 2. The van der Waals surface area contributed by atoms with Crippen LogP contribution >= 0.6 is 0 Å². The fourth-order valence-electron chi connectivity index (χ4n) is 4.95. The predicted molar refractivity (Wildman–Crippen MR) is 116 cm³/mol. The molecule has 0 spiro atoms. The van der Waals surface area contributed by atoms with Gasteiger partial charge in [-0.25, -0.2) is 0 Å². The van der Waals surface area contributed by atoms with Crippen molar-refractivity contribution in [3.8, 4) is 11.5 Å². The predicted octanol–water partition coefficient (Wildman–Crippen LogP) is 7.24. The van der Waals surface area contributed by atoms with Crippen LogP contribution < -0.4 is 9.47 Å². The Labute approximate surface area is 179 Å². The van der Waals surface area contributed by atoms with Crippen LogP contribution in [0.1, 0.15) is 64.7 Å². The molecule has 0 saturated heterocycles. The van der Waals surface area contributed by atoms with E-state index in [4.69, 9.17) is 9.47 Å². The lowest BCUT2D eigenvalue weighted by atomic mass is 9.71. The van der Waals surface area contributed by atoms with E-state index in [1.165, 1.54) is 49.8 Å². The van der Waals surface area contributed by atoms with E-state index >= 15 is 0 Å². The molecular formula is C26H34F2O2. The molecule has 1 aromatic rings. The second-order valence-corrected chi connectivity index (χ2v) is 9.33. The van der Waals surface area contributed by atoms with E-state index in [1.807, 2.05) is 0 Å². The Hall–Kier alpha value is -1.84. The molecule has 30 heavy (non-hydrogen) atoms. The van der Waals surface area contributed by atoms with Gasteiger partial charge in [0, 0.05) is 0 Å². The summed E-state index contributed by atoms with van der Waals surface area (Å²) in [6.07, 6.45) is 17.6. The van der Waals surface area contributed by atoms with Crippen LogP contribution in [-0.4, -0.2) is 13.2 Å². The summed E-state index contributed by atoms with van der Waals surface area (Å²) in [7, 11) is 0. The van der Waals surface area contributed by atoms with E-state index in [0.29, 0.717) is 19.1 Å². The van der Waals surface area contributed by atoms with Gasteiger partial charge in [-0.3, -0.25) is 0 Å². The van der Waals surface area contributed by atoms with E-state index in [2.05, 4.69) is 25.2 Å². The summed E-state index contributed by atoms with van der Waals surface area (Å²) in [5.41, 5.74) is 1.20. The Morgan fingerprint density at radius 1 is 0.900 bits per heavy atom. The minimum atomic E-state index is -0.949. The average Bonchev–Trinajstić information content (AvgIpc) is 3.60. The Morgan fingerprint density at radius 2 is 1.60 bits per heavy atom. The van der Waals surface area contributed by atoms with Crippen LogP contribution in [0.3, 0.4) is 0 Å². The molecular weight excluding hydrogens is 382 g/mol. The quantitative estimate of drug-likeness (QED) is 0.416. The zero-order chi connectivity index (χ0) is 20.9.